The molecule has 0 bridgehead atoms. The quantitative estimate of drug-likeness (QED) is 0.395. The summed E-state index contributed by atoms with van der Waals surface area (Å²) in [4.78, 5) is 0. The molecule has 0 aliphatic carbocycles. The first-order valence-electron chi connectivity index (χ1n) is 2.47. The summed E-state index contributed by atoms with van der Waals surface area (Å²) in [7, 11) is 0. The van der Waals surface area contributed by atoms with Gasteiger partial charge in [0.25, 0.3) is 0 Å². The van der Waals surface area contributed by atoms with Crippen molar-refractivity contribution in [3.05, 3.63) is 0 Å². The van der Waals surface area contributed by atoms with E-state index in [9.17, 15) is 0 Å². The monoisotopic (exact) mass is 166 g/mol. The molecule has 1 rings (SSSR count). The number of rotatable bonds is 0. The van der Waals surface area contributed by atoms with Crippen molar-refractivity contribution in [1.29, 1.82) is 0 Å². The van der Waals surface area contributed by atoms with Crippen molar-refractivity contribution in [3.63, 3.8) is 0 Å². The van der Waals surface area contributed by atoms with Gasteiger partial charge >= 0.3 is 49.5 Å². The van der Waals surface area contributed by atoms with E-state index >= 15 is 0 Å². The Kier molecular flexibility index (Phi) is 2.13. The molecule has 0 atom stereocenters. The Morgan fingerprint density at radius 2 is 1.86 bits per heavy atom. The molecule has 0 saturated carbocycles. The second-order valence-corrected chi connectivity index (χ2v) is 4.22. The molecule has 2 nitrogen and oxygen atoms in total. The van der Waals surface area contributed by atoms with Crippen LogP contribution >= 0.6 is 0 Å². The van der Waals surface area contributed by atoms with Gasteiger partial charge in [0.1, 0.15) is 0 Å². The Labute approximate surface area is 50.2 Å². The Bertz CT molecular complexity index is 51.7. The van der Waals surface area contributed by atoms with E-state index in [4.69, 9.17) is 5.84 Å². The van der Waals surface area contributed by atoms with E-state index < -0.39 is 0 Å². The van der Waals surface area contributed by atoms with Gasteiger partial charge < -0.3 is 0 Å². The number of hydrogen-bond acceptors (Lipinski definition) is 2. The second kappa shape index (κ2) is 2.68. The summed E-state index contributed by atoms with van der Waals surface area (Å²) < 4.78 is 0. The van der Waals surface area contributed by atoms with E-state index in [-0.39, 0.29) is 0 Å². The van der Waals surface area contributed by atoms with Crippen LogP contribution in [0.2, 0.25) is 10.6 Å². The molecule has 1 aliphatic heterocycles. The van der Waals surface area contributed by atoms with Gasteiger partial charge in [-0.1, -0.05) is 0 Å². The molecule has 1 fully saturated rings. The predicted molar refractivity (Wildman–Crippen MR) is 31.1 cm³/mol. The van der Waals surface area contributed by atoms with Crippen molar-refractivity contribution in [2.45, 2.75) is 10.6 Å². The number of hydrogen-bond donors (Lipinski definition) is 1. The van der Waals surface area contributed by atoms with E-state index in [1.54, 1.807) is 0 Å². The summed E-state index contributed by atoms with van der Waals surface area (Å²) in [5, 5.41) is 4.61. The van der Waals surface area contributed by atoms with Crippen molar-refractivity contribution >= 4 is 15.0 Å². The van der Waals surface area contributed by atoms with Crippen molar-refractivity contribution < 1.29 is 0 Å². The van der Waals surface area contributed by atoms with Gasteiger partial charge in [-0.15, -0.1) is 0 Å². The Morgan fingerprint density at radius 3 is 2.14 bits per heavy atom. The van der Waals surface area contributed by atoms with E-state index in [1.165, 1.54) is 10.6 Å². The molecule has 1 aliphatic rings. The molecule has 0 unspecified atom stereocenters. The van der Waals surface area contributed by atoms with Gasteiger partial charge in [-0.2, -0.15) is 0 Å². The van der Waals surface area contributed by atoms with E-state index in [0.29, 0.717) is 0 Å². The van der Waals surface area contributed by atoms with Crippen molar-refractivity contribution in [2.75, 3.05) is 13.1 Å². The Hall–Kier alpha value is 0.439. The SMILES string of the molecule is NN1CC[Se]CC1. The Balaban J connectivity index is 2.12. The van der Waals surface area contributed by atoms with Crippen LogP contribution in [0.3, 0.4) is 0 Å². The summed E-state index contributed by atoms with van der Waals surface area (Å²) in [6.07, 6.45) is 0. The zero-order valence-electron chi connectivity index (χ0n) is 4.26. The fraction of sp³-hybridized carbons (Fsp3) is 1.00. The van der Waals surface area contributed by atoms with Crippen LogP contribution in [0.1, 0.15) is 0 Å². The van der Waals surface area contributed by atoms with Crippen LogP contribution in [0, 0.1) is 0 Å². The Morgan fingerprint density at radius 1 is 1.29 bits per heavy atom. The van der Waals surface area contributed by atoms with Crippen molar-refractivity contribution in [3.8, 4) is 0 Å². The predicted octanol–water partition coefficient (Wildman–Crippen LogP) is -0.284. The fourth-order valence-corrected chi connectivity index (χ4v) is 2.53. The van der Waals surface area contributed by atoms with Gasteiger partial charge in [0.05, 0.1) is 0 Å². The molecule has 0 aromatic rings. The van der Waals surface area contributed by atoms with Crippen LogP contribution in [0.4, 0.5) is 0 Å². The van der Waals surface area contributed by atoms with E-state index in [0.717, 1.165) is 28.0 Å². The third kappa shape index (κ3) is 1.78. The maximum atomic E-state index is 5.48. The zero-order valence-corrected chi connectivity index (χ0v) is 5.97. The summed E-state index contributed by atoms with van der Waals surface area (Å²) in [6, 6.07) is 0. The minimum atomic E-state index is 0.913. The molecule has 3 heteroatoms. The molecule has 0 radical (unpaired) electrons. The molecule has 42 valence electrons. The minimum absolute atomic E-state index is 0.913. The first-order chi connectivity index (χ1) is 3.39. The molecule has 2 N–H and O–H groups in total. The fourth-order valence-electron chi connectivity index (χ4n) is 0.577. The molecule has 1 heterocycles. The molecule has 0 aromatic carbocycles. The zero-order chi connectivity index (χ0) is 5.11. The molecular formula is C4H10N2Se. The third-order valence-corrected chi connectivity index (χ3v) is 3.02. The van der Waals surface area contributed by atoms with Crippen molar-refractivity contribution in [1.82, 2.24) is 5.01 Å². The van der Waals surface area contributed by atoms with Gasteiger partial charge in [-0.3, -0.25) is 0 Å². The van der Waals surface area contributed by atoms with Crippen LogP contribution in [-0.4, -0.2) is 33.1 Å². The number of nitrogens with zero attached hydrogens (tertiary/aromatic N) is 1. The average Bonchev–Trinajstić information content (AvgIpc) is 1.69. The second-order valence-electron chi connectivity index (χ2n) is 1.65. The van der Waals surface area contributed by atoms with Crippen LogP contribution in [0.25, 0.3) is 0 Å². The molecule has 7 heavy (non-hydrogen) atoms. The first kappa shape index (κ1) is 5.57. The van der Waals surface area contributed by atoms with Gasteiger partial charge in [-0.05, 0) is 0 Å². The number of nitrogens with two attached hydrogens (primary N) is 1. The normalized spacial score (nSPS) is 25.3. The van der Waals surface area contributed by atoms with Gasteiger partial charge in [0.2, 0.25) is 0 Å². The van der Waals surface area contributed by atoms with Crippen molar-refractivity contribution in [2.24, 2.45) is 5.84 Å². The molecule has 0 aromatic heterocycles. The van der Waals surface area contributed by atoms with Crippen LogP contribution in [0.15, 0.2) is 0 Å². The van der Waals surface area contributed by atoms with Gasteiger partial charge in [0.15, 0.2) is 0 Å². The summed E-state index contributed by atoms with van der Waals surface area (Å²) in [5.41, 5.74) is 0. The molecule has 1 saturated heterocycles. The summed E-state index contributed by atoms with van der Waals surface area (Å²) in [5.74, 6) is 5.48. The average molecular weight is 165 g/mol. The van der Waals surface area contributed by atoms with E-state index in [2.05, 4.69) is 0 Å². The maximum absolute atomic E-state index is 5.48. The molecule has 0 amide bonds. The summed E-state index contributed by atoms with van der Waals surface area (Å²) >= 11 is 0.913. The first-order valence-corrected chi connectivity index (χ1v) is 4.89. The standard InChI is InChI=1S/C4H10N2Se/c5-6-1-3-7-4-2-6/h1-5H2. The third-order valence-electron chi connectivity index (χ3n) is 1.05. The molecular weight excluding hydrogens is 155 g/mol. The van der Waals surface area contributed by atoms with Gasteiger partial charge in [0, 0.05) is 0 Å². The topological polar surface area (TPSA) is 29.3 Å². The summed E-state index contributed by atoms with van der Waals surface area (Å²) in [6.45, 7) is 2.25. The van der Waals surface area contributed by atoms with Crippen LogP contribution in [0.5, 0.6) is 0 Å². The van der Waals surface area contributed by atoms with Crippen LogP contribution < -0.4 is 5.84 Å². The number of hydrazine groups is 1. The van der Waals surface area contributed by atoms with Gasteiger partial charge in [-0.25, -0.2) is 0 Å². The molecule has 0 spiro atoms. The van der Waals surface area contributed by atoms with Crippen LogP contribution in [-0.2, 0) is 0 Å². The van der Waals surface area contributed by atoms with E-state index in [1.807, 2.05) is 5.01 Å².